The second-order valence-corrected chi connectivity index (χ2v) is 3.98. The van der Waals surface area contributed by atoms with Gasteiger partial charge in [-0.15, -0.1) is 0 Å². The molecule has 0 saturated heterocycles. The van der Waals surface area contributed by atoms with E-state index in [1.54, 1.807) is 0 Å². The minimum Gasteiger partial charge on any atom is -0.357 e. The third-order valence-corrected chi connectivity index (χ3v) is 2.48. The van der Waals surface area contributed by atoms with E-state index in [9.17, 15) is 19.7 Å². The van der Waals surface area contributed by atoms with Gasteiger partial charge in [0.05, 0.1) is 4.92 Å². The van der Waals surface area contributed by atoms with Gasteiger partial charge in [-0.1, -0.05) is 11.6 Å². The Hall–Kier alpha value is -2.22. The number of pyridine rings is 1. The van der Waals surface area contributed by atoms with E-state index in [4.69, 9.17) is 11.6 Å². The number of carbonyl (C=O) groups excluding carboxylic acids is 2. The molecule has 0 fully saturated rings. The van der Waals surface area contributed by atoms with Crippen molar-refractivity contribution in [3.05, 3.63) is 33.1 Å². The molecule has 0 aliphatic heterocycles. The molecule has 1 atom stereocenters. The van der Waals surface area contributed by atoms with Crippen LogP contribution in [0.15, 0.2) is 12.3 Å². The van der Waals surface area contributed by atoms with Crippen LogP contribution in [-0.2, 0) is 4.79 Å². The summed E-state index contributed by atoms with van der Waals surface area (Å²) in [4.78, 5) is 36.7. The lowest BCUT2D eigenvalue weighted by Crippen LogP contribution is -2.43. The Bertz CT molecular complexity index is 534. The Morgan fingerprint density at radius 2 is 2.16 bits per heavy atom. The maximum absolute atomic E-state index is 11.9. The number of carbonyl (C=O) groups is 2. The second-order valence-electron chi connectivity index (χ2n) is 3.59. The highest BCUT2D eigenvalue weighted by atomic mass is 35.5. The zero-order chi connectivity index (χ0) is 14.6. The molecule has 102 valence electrons. The van der Waals surface area contributed by atoms with Crippen molar-refractivity contribution in [2.45, 2.75) is 13.0 Å². The molecule has 1 aromatic heterocycles. The number of hydrogen-bond acceptors (Lipinski definition) is 5. The molecule has 0 bridgehead atoms. The molecule has 1 rings (SSSR count). The van der Waals surface area contributed by atoms with Gasteiger partial charge in [-0.25, -0.2) is 4.98 Å². The molecule has 2 amide bonds. The summed E-state index contributed by atoms with van der Waals surface area (Å²) < 4.78 is 0. The highest BCUT2D eigenvalue weighted by Gasteiger charge is 2.24. The number of halogens is 1. The summed E-state index contributed by atoms with van der Waals surface area (Å²) in [5, 5.41) is 15.4. The molecule has 1 aromatic rings. The van der Waals surface area contributed by atoms with Crippen molar-refractivity contribution >= 4 is 29.1 Å². The largest absolute Gasteiger partial charge is 0.357 e. The first-order chi connectivity index (χ1) is 8.86. The Balaban J connectivity index is 3.02. The molecule has 2 N–H and O–H groups in total. The monoisotopic (exact) mass is 286 g/mol. The van der Waals surface area contributed by atoms with Crippen molar-refractivity contribution in [2.24, 2.45) is 0 Å². The maximum atomic E-state index is 11.9. The highest BCUT2D eigenvalue weighted by Crippen LogP contribution is 2.20. The van der Waals surface area contributed by atoms with Crippen LogP contribution in [0, 0.1) is 10.1 Å². The molecule has 0 saturated carbocycles. The molecule has 9 heteroatoms. The van der Waals surface area contributed by atoms with E-state index in [1.165, 1.54) is 14.0 Å². The number of likely N-dealkylation sites (N-methyl/N-ethyl adjacent to an activating group) is 1. The van der Waals surface area contributed by atoms with Gasteiger partial charge in [0, 0.05) is 7.05 Å². The van der Waals surface area contributed by atoms with E-state index in [1.807, 2.05) is 0 Å². The van der Waals surface area contributed by atoms with Crippen molar-refractivity contribution in [1.82, 2.24) is 15.6 Å². The summed E-state index contributed by atoms with van der Waals surface area (Å²) >= 11 is 5.60. The van der Waals surface area contributed by atoms with Crippen molar-refractivity contribution in [3.63, 3.8) is 0 Å². The number of aromatic nitrogens is 1. The van der Waals surface area contributed by atoms with E-state index < -0.39 is 28.5 Å². The average Bonchev–Trinajstić information content (AvgIpc) is 2.36. The third-order valence-electron chi connectivity index (χ3n) is 2.28. The lowest BCUT2D eigenvalue weighted by Gasteiger charge is -2.12. The standard InChI is InChI=1S/C10H11ClN4O4/c1-5(9(16)12-2)14-10(17)6-3-8(11)13-4-7(6)15(18)19/h3-5H,1-2H3,(H,12,16)(H,14,17). The zero-order valence-corrected chi connectivity index (χ0v) is 10.9. The zero-order valence-electron chi connectivity index (χ0n) is 10.1. The van der Waals surface area contributed by atoms with Crippen molar-refractivity contribution in [1.29, 1.82) is 0 Å². The Morgan fingerprint density at radius 3 is 2.68 bits per heavy atom. The topological polar surface area (TPSA) is 114 Å². The van der Waals surface area contributed by atoms with E-state index in [2.05, 4.69) is 15.6 Å². The van der Waals surface area contributed by atoms with Gasteiger partial charge in [0.15, 0.2) is 0 Å². The molecule has 1 unspecified atom stereocenters. The molecule has 0 spiro atoms. The maximum Gasteiger partial charge on any atom is 0.300 e. The minimum absolute atomic E-state index is 0.0525. The van der Waals surface area contributed by atoms with E-state index in [0.717, 1.165) is 12.3 Å². The van der Waals surface area contributed by atoms with Crippen molar-refractivity contribution < 1.29 is 14.5 Å². The normalized spacial score (nSPS) is 11.5. The number of rotatable bonds is 4. The molecule has 1 heterocycles. The Morgan fingerprint density at radius 1 is 1.53 bits per heavy atom. The Kier molecular flexibility index (Phi) is 4.76. The number of amides is 2. The van der Waals surface area contributed by atoms with Crippen LogP contribution in [0.5, 0.6) is 0 Å². The van der Waals surface area contributed by atoms with Gasteiger partial charge in [-0.05, 0) is 13.0 Å². The molecule has 0 aliphatic rings. The predicted molar refractivity (Wildman–Crippen MR) is 66.9 cm³/mol. The predicted octanol–water partition coefficient (Wildman–Crippen LogP) is 0.507. The fourth-order valence-corrected chi connectivity index (χ4v) is 1.46. The van der Waals surface area contributed by atoms with E-state index in [-0.39, 0.29) is 10.7 Å². The first kappa shape index (κ1) is 14.8. The van der Waals surface area contributed by atoms with Crippen LogP contribution in [0.1, 0.15) is 17.3 Å². The molecular weight excluding hydrogens is 276 g/mol. The van der Waals surface area contributed by atoms with Crippen LogP contribution in [0.4, 0.5) is 5.69 Å². The summed E-state index contributed by atoms with van der Waals surface area (Å²) in [6.45, 7) is 1.45. The lowest BCUT2D eigenvalue weighted by molar-refractivity contribution is -0.385. The first-order valence-electron chi connectivity index (χ1n) is 5.19. The fraction of sp³-hybridized carbons (Fsp3) is 0.300. The quantitative estimate of drug-likeness (QED) is 0.475. The second kappa shape index (κ2) is 6.10. The van der Waals surface area contributed by atoms with Gasteiger partial charge < -0.3 is 10.6 Å². The number of nitro groups is 1. The highest BCUT2D eigenvalue weighted by molar-refractivity contribution is 6.29. The van der Waals surface area contributed by atoms with Crippen LogP contribution in [0.25, 0.3) is 0 Å². The minimum atomic E-state index is -0.830. The molecular formula is C10H11ClN4O4. The first-order valence-corrected chi connectivity index (χ1v) is 5.57. The smallest absolute Gasteiger partial charge is 0.300 e. The van der Waals surface area contributed by atoms with Gasteiger partial charge in [-0.3, -0.25) is 19.7 Å². The van der Waals surface area contributed by atoms with Gasteiger partial charge in [0.2, 0.25) is 5.91 Å². The van der Waals surface area contributed by atoms with Crippen LogP contribution >= 0.6 is 11.6 Å². The number of hydrogen-bond donors (Lipinski definition) is 2. The summed E-state index contributed by atoms with van der Waals surface area (Å²) in [5.41, 5.74) is -0.730. The molecule has 8 nitrogen and oxygen atoms in total. The fourth-order valence-electron chi connectivity index (χ4n) is 1.31. The van der Waals surface area contributed by atoms with Gasteiger partial charge in [0.1, 0.15) is 23.0 Å². The summed E-state index contributed by atoms with van der Waals surface area (Å²) in [5.74, 6) is -1.19. The number of nitrogens with zero attached hydrogens (tertiary/aromatic N) is 2. The van der Waals surface area contributed by atoms with Crippen LogP contribution < -0.4 is 10.6 Å². The molecule has 0 aliphatic carbocycles. The molecule has 0 radical (unpaired) electrons. The van der Waals surface area contributed by atoms with Crippen LogP contribution in [0.2, 0.25) is 5.15 Å². The van der Waals surface area contributed by atoms with E-state index >= 15 is 0 Å². The summed E-state index contributed by atoms with van der Waals surface area (Å²) in [6.07, 6.45) is 0.891. The van der Waals surface area contributed by atoms with E-state index in [0.29, 0.717) is 0 Å². The third kappa shape index (κ3) is 3.62. The van der Waals surface area contributed by atoms with Gasteiger partial charge >= 0.3 is 0 Å². The van der Waals surface area contributed by atoms with Crippen molar-refractivity contribution in [2.75, 3.05) is 7.05 Å². The van der Waals surface area contributed by atoms with Gasteiger partial charge in [-0.2, -0.15) is 0 Å². The Labute approximate surface area is 113 Å². The number of nitrogens with one attached hydrogen (secondary N) is 2. The van der Waals surface area contributed by atoms with Crippen LogP contribution in [-0.4, -0.2) is 34.8 Å². The SMILES string of the molecule is CNC(=O)C(C)NC(=O)c1cc(Cl)ncc1[N+](=O)[O-]. The van der Waals surface area contributed by atoms with Gasteiger partial charge in [0.25, 0.3) is 11.6 Å². The molecule has 0 aromatic carbocycles. The average molecular weight is 287 g/mol. The summed E-state index contributed by atoms with van der Waals surface area (Å²) in [7, 11) is 1.41. The molecule has 19 heavy (non-hydrogen) atoms. The lowest BCUT2D eigenvalue weighted by atomic mass is 10.2. The summed E-state index contributed by atoms with van der Waals surface area (Å²) in [6, 6.07) is 0.245. The van der Waals surface area contributed by atoms with Crippen LogP contribution in [0.3, 0.4) is 0 Å². The van der Waals surface area contributed by atoms with Crippen molar-refractivity contribution in [3.8, 4) is 0 Å².